The number of nitrogens with one attached hydrogen (secondary N) is 1. The van der Waals surface area contributed by atoms with E-state index in [1.165, 1.54) is 5.56 Å². The van der Waals surface area contributed by atoms with Crippen LogP contribution < -0.4 is 10.2 Å². The number of urea groups is 1. The Morgan fingerprint density at radius 2 is 1.92 bits per heavy atom. The number of hydrogen-bond donors (Lipinski definition) is 1. The number of benzene rings is 2. The first-order valence-electron chi connectivity index (χ1n) is 8.64. The summed E-state index contributed by atoms with van der Waals surface area (Å²) in [6, 6.07) is 18.2. The number of rotatable bonds is 4. The first kappa shape index (κ1) is 17.3. The van der Waals surface area contributed by atoms with E-state index in [-0.39, 0.29) is 12.1 Å². The lowest BCUT2D eigenvalue weighted by molar-refractivity contribution is -0.00138. The molecule has 1 heterocycles. The third kappa shape index (κ3) is 4.73. The number of ether oxygens (including phenoxy) is 1. The maximum atomic E-state index is 12.3. The molecule has 0 radical (unpaired) electrons. The zero-order valence-electron chi connectivity index (χ0n) is 14.8. The summed E-state index contributed by atoms with van der Waals surface area (Å²) < 4.78 is 5.47. The van der Waals surface area contributed by atoms with Crippen LogP contribution in [0.3, 0.4) is 0 Å². The lowest BCUT2D eigenvalue weighted by Crippen LogP contribution is -2.46. The van der Waals surface area contributed by atoms with E-state index in [0.717, 1.165) is 17.9 Å². The summed E-state index contributed by atoms with van der Waals surface area (Å²) in [4.78, 5) is 16.3. The Labute approximate surface area is 149 Å². The fourth-order valence-corrected chi connectivity index (χ4v) is 2.95. The Kier molecular flexibility index (Phi) is 5.56. The second-order valence-electron chi connectivity index (χ2n) is 6.45. The van der Waals surface area contributed by atoms with E-state index in [1.54, 1.807) is 4.90 Å². The Hall–Kier alpha value is -2.53. The van der Waals surface area contributed by atoms with Gasteiger partial charge < -0.3 is 19.9 Å². The van der Waals surface area contributed by atoms with Gasteiger partial charge in [-0.3, -0.25) is 0 Å². The average molecular weight is 339 g/mol. The van der Waals surface area contributed by atoms with Gasteiger partial charge in [-0.2, -0.15) is 0 Å². The van der Waals surface area contributed by atoms with Gasteiger partial charge in [-0.1, -0.05) is 30.3 Å². The quantitative estimate of drug-likeness (QED) is 0.926. The van der Waals surface area contributed by atoms with Crippen molar-refractivity contribution >= 4 is 17.4 Å². The number of nitrogens with zero attached hydrogens (tertiary/aromatic N) is 2. The minimum atomic E-state index is -0.0689. The topological polar surface area (TPSA) is 44.8 Å². The van der Waals surface area contributed by atoms with E-state index in [2.05, 4.69) is 29.4 Å². The van der Waals surface area contributed by atoms with Crippen molar-refractivity contribution < 1.29 is 9.53 Å². The van der Waals surface area contributed by atoms with Gasteiger partial charge in [0.2, 0.25) is 0 Å². The van der Waals surface area contributed by atoms with Gasteiger partial charge in [-0.05, 0) is 36.8 Å². The molecule has 1 fully saturated rings. The summed E-state index contributed by atoms with van der Waals surface area (Å²) >= 11 is 0. The van der Waals surface area contributed by atoms with E-state index < -0.39 is 0 Å². The molecule has 2 aromatic carbocycles. The van der Waals surface area contributed by atoms with Crippen LogP contribution in [0.4, 0.5) is 16.2 Å². The molecule has 5 heteroatoms. The van der Waals surface area contributed by atoms with Crippen LogP contribution in [0.15, 0.2) is 54.6 Å². The minimum absolute atomic E-state index is 0.0689. The van der Waals surface area contributed by atoms with Gasteiger partial charge in [0.1, 0.15) is 0 Å². The standard InChI is InChI=1S/C20H25N3O2/c1-16-14-23(12-13-25-16)20(24)21-18-8-10-19(11-9-18)22(2)15-17-6-4-3-5-7-17/h3-11,16H,12-15H2,1-2H3,(H,21,24)/t16-/m1/s1. The van der Waals surface area contributed by atoms with Crippen LogP contribution in [0.5, 0.6) is 0 Å². The van der Waals surface area contributed by atoms with Crippen molar-refractivity contribution in [1.29, 1.82) is 0 Å². The SMILES string of the molecule is C[C@@H]1CN(C(=O)Nc2ccc(N(C)Cc3ccccc3)cc2)CCO1. The minimum Gasteiger partial charge on any atom is -0.375 e. The second-order valence-corrected chi connectivity index (χ2v) is 6.45. The third-order valence-electron chi connectivity index (χ3n) is 4.35. The smallest absolute Gasteiger partial charge is 0.322 e. The lowest BCUT2D eigenvalue weighted by atomic mass is 10.2. The van der Waals surface area contributed by atoms with E-state index in [4.69, 9.17) is 4.74 Å². The summed E-state index contributed by atoms with van der Waals surface area (Å²) in [6.07, 6.45) is 0.0912. The Morgan fingerprint density at radius 3 is 2.60 bits per heavy atom. The molecule has 0 unspecified atom stereocenters. The lowest BCUT2D eigenvalue weighted by Gasteiger charge is -2.31. The highest BCUT2D eigenvalue weighted by molar-refractivity contribution is 5.89. The van der Waals surface area contributed by atoms with Crippen molar-refractivity contribution in [2.45, 2.75) is 19.6 Å². The highest BCUT2D eigenvalue weighted by Gasteiger charge is 2.21. The Balaban J connectivity index is 1.57. The summed E-state index contributed by atoms with van der Waals surface area (Å²) in [5.41, 5.74) is 3.19. The molecule has 132 valence electrons. The van der Waals surface area contributed by atoms with E-state index in [9.17, 15) is 4.79 Å². The van der Waals surface area contributed by atoms with Gasteiger partial charge >= 0.3 is 6.03 Å². The van der Waals surface area contributed by atoms with Crippen molar-refractivity contribution in [3.8, 4) is 0 Å². The number of carbonyl (C=O) groups excluding carboxylic acids is 1. The highest BCUT2D eigenvalue weighted by atomic mass is 16.5. The average Bonchev–Trinajstić information content (AvgIpc) is 2.63. The summed E-state index contributed by atoms with van der Waals surface area (Å²) in [7, 11) is 2.07. The fourth-order valence-electron chi connectivity index (χ4n) is 2.95. The molecule has 25 heavy (non-hydrogen) atoms. The number of morpholine rings is 1. The summed E-state index contributed by atoms with van der Waals surface area (Å²) in [5.74, 6) is 0. The Bertz CT molecular complexity index is 688. The van der Waals surface area contributed by atoms with Crippen LogP contribution in [0, 0.1) is 0 Å². The van der Waals surface area contributed by atoms with Crippen LogP contribution in [-0.2, 0) is 11.3 Å². The van der Waals surface area contributed by atoms with Gasteiger partial charge in [0.15, 0.2) is 0 Å². The van der Waals surface area contributed by atoms with Crippen LogP contribution in [0.2, 0.25) is 0 Å². The van der Waals surface area contributed by atoms with E-state index in [0.29, 0.717) is 19.7 Å². The first-order chi connectivity index (χ1) is 12.1. The van der Waals surface area contributed by atoms with E-state index in [1.807, 2.05) is 49.4 Å². The third-order valence-corrected chi connectivity index (χ3v) is 4.35. The normalized spacial score (nSPS) is 17.2. The molecule has 3 rings (SSSR count). The van der Waals surface area contributed by atoms with Gasteiger partial charge in [0.05, 0.1) is 12.7 Å². The number of anilines is 2. The largest absolute Gasteiger partial charge is 0.375 e. The van der Waals surface area contributed by atoms with Crippen molar-refractivity contribution in [2.24, 2.45) is 0 Å². The second kappa shape index (κ2) is 8.03. The Morgan fingerprint density at radius 1 is 1.20 bits per heavy atom. The molecule has 2 aromatic rings. The van der Waals surface area contributed by atoms with Crippen LogP contribution in [-0.4, -0.2) is 43.8 Å². The first-order valence-corrected chi connectivity index (χ1v) is 8.64. The molecular formula is C20H25N3O2. The molecule has 0 bridgehead atoms. The molecule has 0 aliphatic carbocycles. The van der Waals surface area contributed by atoms with Gasteiger partial charge in [0, 0.05) is 38.1 Å². The molecular weight excluding hydrogens is 314 g/mol. The highest BCUT2D eigenvalue weighted by Crippen LogP contribution is 2.19. The molecule has 5 nitrogen and oxygen atoms in total. The van der Waals surface area contributed by atoms with Crippen LogP contribution >= 0.6 is 0 Å². The van der Waals surface area contributed by atoms with Gasteiger partial charge in [-0.25, -0.2) is 4.79 Å². The molecule has 0 aromatic heterocycles. The molecule has 1 N–H and O–H groups in total. The van der Waals surface area contributed by atoms with Crippen LogP contribution in [0.1, 0.15) is 12.5 Å². The predicted molar refractivity (Wildman–Crippen MR) is 101 cm³/mol. The molecule has 1 saturated heterocycles. The molecule has 2 amide bonds. The van der Waals surface area contributed by atoms with E-state index >= 15 is 0 Å². The van der Waals surface area contributed by atoms with Crippen molar-refractivity contribution in [1.82, 2.24) is 4.90 Å². The zero-order chi connectivity index (χ0) is 17.6. The van der Waals surface area contributed by atoms with Gasteiger partial charge in [0.25, 0.3) is 0 Å². The molecule has 0 saturated carbocycles. The van der Waals surface area contributed by atoms with Crippen molar-refractivity contribution in [3.05, 3.63) is 60.2 Å². The van der Waals surface area contributed by atoms with Crippen LogP contribution in [0.25, 0.3) is 0 Å². The van der Waals surface area contributed by atoms with Gasteiger partial charge in [-0.15, -0.1) is 0 Å². The molecule has 1 aliphatic heterocycles. The summed E-state index contributed by atoms with van der Waals surface area (Å²) in [5, 5.41) is 2.96. The number of carbonyl (C=O) groups is 1. The predicted octanol–water partition coefficient (Wildman–Crippen LogP) is 3.58. The molecule has 0 spiro atoms. The maximum Gasteiger partial charge on any atom is 0.322 e. The molecule has 1 aliphatic rings. The number of hydrogen-bond acceptors (Lipinski definition) is 3. The summed E-state index contributed by atoms with van der Waals surface area (Å²) in [6.45, 7) is 4.69. The monoisotopic (exact) mass is 339 g/mol. The van der Waals surface area contributed by atoms with Crippen molar-refractivity contribution in [2.75, 3.05) is 37.0 Å². The fraction of sp³-hybridized carbons (Fsp3) is 0.350. The number of amides is 2. The van der Waals surface area contributed by atoms with Crippen molar-refractivity contribution in [3.63, 3.8) is 0 Å². The zero-order valence-corrected chi connectivity index (χ0v) is 14.8. The maximum absolute atomic E-state index is 12.3. The molecule has 1 atom stereocenters.